The van der Waals surface area contributed by atoms with Gasteiger partial charge in [0.1, 0.15) is 5.75 Å². The third-order valence-electron chi connectivity index (χ3n) is 2.80. The fourth-order valence-corrected chi connectivity index (χ4v) is 2.34. The van der Waals surface area contributed by atoms with E-state index in [4.69, 9.17) is 9.47 Å². The summed E-state index contributed by atoms with van der Waals surface area (Å²) >= 11 is 0. The summed E-state index contributed by atoms with van der Waals surface area (Å²) < 4.78 is 33.2. The zero-order valence-corrected chi connectivity index (χ0v) is 12.8. The van der Waals surface area contributed by atoms with E-state index in [0.29, 0.717) is 12.2 Å². The number of carbonyl (C=O) groups is 1. The van der Waals surface area contributed by atoms with Crippen molar-refractivity contribution in [2.75, 3.05) is 13.4 Å². The van der Waals surface area contributed by atoms with Crippen LogP contribution < -0.4 is 4.74 Å². The molecule has 0 fully saturated rings. The van der Waals surface area contributed by atoms with Gasteiger partial charge in [-0.05, 0) is 31.0 Å². The number of carbonyl (C=O) groups excluding carboxylic acids is 1. The Bertz CT molecular complexity index is 550. The fourth-order valence-electron chi connectivity index (χ4n) is 1.69. The van der Waals surface area contributed by atoms with Crippen LogP contribution in [-0.4, -0.2) is 33.9 Å². The zero-order chi connectivity index (χ0) is 15.2. The number of hydrogen-bond donors (Lipinski definition) is 0. The van der Waals surface area contributed by atoms with E-state index in [1.165, 1.54) is 19.2 Å². The van der Waals surface area contributed by atoms with E-state index >= 15 is 0 Å². The summed E-state index contributed by atoms with van der Waals surface area (Å²) in [6, 6.07) is 6.11. The van der Waals surface area contributed by atoms with Gasteiger partial charge in [-0.15, -0.1) is 0 Å². The first kappa shape index (κ1) is 16.5. The SMILES string of the molecule is CCCCC(Oc1cccc(S(C)(=O)=O)c1)C(=O)OC. The molecular weight excluding hydrogens is 280 g/mol. The highest BCUT2D eigenvalue weighted by Gasteiger charge is 2.21. The molecule has 1 rings (SSSR count). The van der Waals surface area contributed by atoms with Crippen LogP contribution in [0.1, 0.15) is 26.2 Å². The molecule has 6 heteroatoms. The summed E-state index contributed by atoms with van der Waals surface area (Å²) in [5.74, 6) is -0.109. The number of esters is 1. The standard InChI is InChI=1S/C14H20O5S/c1-4-5-9-13(14(15)18-2)19-11-7-6-8-12(10-11)20(3,16)17/h6-8,10,13H,4-5,9H2,1-3H3. The van der Waals surface area contributed by atoms with Crippen molar-refractivity contribution in [3.8, 4) is 5.75 Å². The molecule has 1 aromatic rings. The Labute approximate surface area is 119 Å². The molecule has 0 N–H and O–H groups in total. The van der Waals surface area contributed by atoms with E-state index in [1.54, 1.807) is 12.1 Å². The average molecular weight is 300 g/mol. The van der Waals surface area contributed by atoms with Gasteiger partial charge in [0.05, 0.1) is 12.0 Å². The summed E-state index contributed by atoms with van der Waals surface area (Å²) in [5.41, 5.74) is 0. The summed E-state index contributed by atoms with van der Waals surface area (Å²) in [6.45, 7) is 2.01. The van der Waals surface area contributed by atoms with Crippen LogP contribution >= 0.6 is 0 Å². The molecule has 1 aromatic carbocycles. The number of unbranched alkanes of at least 4 members (excludes halogenated alkanes) is 1. The largest absolute Gasteiger partial charge is 0.479 e. The molecule has 0 aliphatic carbocycles. The van der Waals surface area contributed by atoms with Crippen LogP contribution in [0.3, 0.4) is 0 Å². The first-order valence-electron chi connectivity index (χ1n) is 6.43. The van der Waals surface area contributed by atoms with E-state index in [9.17, 15) is 13.2 Å². The molecule has 0 spiro atoms. The van der Waals surface area contributed by atoms with Gasteiger partial charge in [0.2, 0.25) is 0 Å². The number of rotatable bonds is 7. The van der Waals surface area contributed by atoms with Crippen molar-refractivity contribution >= 4 is 15.8 Å². The third kappa shape index (κ3) is 4.85. The molecular formula is C14H20O5S. The van der Waals surface area contributed by atoms with Crippen molar-refractivity contribution in [1.82, 2.24) is 0 Å². The molecule has 0 amide bonds. The Balaban J connectivity index is 2.90. The minimum atomic E-state index is -3.30. The highest BCUT2D eigenvalue weighted by molar-refractivity contribution is 7.90. The van der Waals surface area contributed by atoms with Gasteiger partial charge in [-0.2, -0.15) is 0 Å². The van der Waals surface area contributed by atoms with Crippen LogP contribution in [0.2, 0.25) is 0 Å². The predicted molar refractivity (Wildman–Crippen MR) is 75.5 cm³/mol. The molecule has 1 atom stereocenters. The summed E-state index contributed by atoms with van der Waals surface area (Å²) in [7, 11) is -2.00. The maximum Gasteiger partial charge on any atom is 0.347 e. The molecule has 0 aliphatic rings. The molecule has 5 nitrogen and oxygen atoms in total. The fraction of sp³-hybridized carbons (Fsp3) is 0.500. The Kier molecular flexibility index (Phi) is 6.01. The quantitative estimate of drug-likeness (QED) is 0.722. The van der Waals surface area contributed by atoms with Gasteiger partial charge in [0.15, 0.2) is 15.9 Å². The smallest absolute Gasteiger partial charge is 0.347 e. The number of methoxy groups -OCH3 is 1. The van der Waals surface area contributed by atoms with Gasteiger partial charge < -0.3 is 9.47 Å². The second-order valence-corrected chi connectivity index (χ2v) is 6.53. The van der Waals surface area contributed by atoms with E-state index in [-0.39, 0.29) is 4.90 Å². The lowest BCUT2D eigenvalue weighted by atomic mass is 10.1. The number of sulfone groups is 1. The van der Waals surface area contributed by atoms with Crippen molar-refractivity contribution in [2.24, 2.45) is 0 Å². The van der Waals surface area contributed by atoms with E-state index in [2.05, 4.69) is 0 Å². The van der Waals surface area contributed by atoms with Crippen molar-refractivity contribution in [2.45, 2.75) is 37.2 Å². The Hall–Kier alpha value is -1.56. The molecule has 0 radical (unpaired) electrons. The zero-order valence-electron chi connectivity index (χ0n) is 12.0. The van der Waals surface area contributed by atoms with Gasteiger partial charge in [-0.1, -0.05) is 19.4 Å². The molecule has 0 aromatic heterocycles. The summed E-state index contributed by atoms with van der Waals surface area (Å²) in [4.78, 5) is 11.8. The Morgan fingerprint density at radius 1 is 1.35 bits per heavy atom. The highest BCUT2D eigenvalue weighted by atomic mass is 32.2. The molecule has 0 saturated heterocycles. The topological polar surface area (TPSA) is 69.7 Å². The molecule has 1 unspecified atom stereocenters. The summed E-state index contributed by atoms with van der Waals surface area (Å²) in [6.07, 6.45) is 2.70. The maximum absolute atomic E-state index is 11.6. The predicted octanol–water partition coefficient (Wildman–Crippen LogP) is 2.20. The third-order valence-corrected chi connectivity index (χ3v) is 3.91. The number of hydrogen-bond acceptors (Lipinski definition) is 5. The second kappa shape index (κ2) is 7.28. The van der Waals surface area contributed by atoms with Gasteiger partial charge in [0, 0.05) is 6.26 Å². The van der Waals surface area contributed by atoms with E-state index in [0.717, 1.165) is 19.1 Å². The molecule has 112 valence electrons. The van der Waals surface area contributed by atoms with Gasteiger partial charge >= 0.3 is 5.97 Å². The van der Waals surface area contributed by atoms with Crippen LogP contribution in [0, 0.1) is 0 Å². The van der Waals surface area contributed by atoms with Crippen molar-refractivity contribution < 1.29 is 22.7 Å². The molecule has 0 bridgehead atoms. The number of ether oxygens (including phenoxy) is 2. The molecule has 20 heavy (non-hydrogen) atoms. The minimum Gasteiger partial charge on any atom is -0.479 e. The Morgan fingerprint density at radius 3 is 2.60 bits per heavy atom. The molecule has 0 aliphatic heterocycles. The van der Waals surface area contributed by atoms with Crippen LogP contribution in [0.25, 0.3) is 0 Å². The Morgan fingerprint density at radius 2 is 2.05 bits per heavy atom. The van der Waals surface area contributed by atoms with E-state index in [1.807, 2.05) is 6.92 Å². The van der Waals surface area contributed by atoms with Crippen molar-refractivity contribution in [3.05, 3.63) is 24.3 Å². The van der Waals surface area contributed by atoms with Crippen LogP contribution in [-0.2, 0) is 19.4 Å². The van der Waals surface area contributed by atoms with Gasteiger partial charge in [0.25, 0.3) is 0 Å². The first-order chi connectivity index (χ1) is 9.38. The second-order valence-electron chi connectivity index (χ2n) is 4.52. The lowest BCUT2D eigenvalue weighted by Crippen LogP contribution is -2.28. The normalized spacial score (nSPS) is 12.8. The van der Waals surface area contributed by atoms with Crippen LogP contribution in [0.5, 0.6) is 5.75 Å². The molecule has 0 saturated carbocycles. The van der Waals surface area contributed by atoms with Crippen molar-refractivity contribution in [1.29, 1.82) is 0 Å². The average Bonchev–Trinajstić information content (AvgIpc) is 2.42. The lowest BCUT2D eigenvalue weighted by molar-refractivity contribution is -0.149. The maximum atomic E-state index is 11.6. The summed E-state index contributed by atoms with van der Waals surface area (Å²) in [5, 5.41) is 0. The highest BCUT2D eigenvalue weighted by Crippen LogP contribution is 2.20. The van der Waals surface area contributed by atoms with E-state index < -0.39 is 21.9 Å². The van der Waals surface area contributed by atoms with Crippen LogP contribution in [0.15, 0.2) is 29.2 Å². The van der Waals surface area contributed by atoms with Crippen molar-refractivity contribution in [3.63, 3.8) is 0 Å². The molecule has 0 heterocycles. The number of benzene rings is 1. The minimum absolute atomic E-state index is 0.161. The lowest BCUT2D eigenvalue weighted by Gasteiger charge is -2.17. The first-order valence-corrected chi connectivity index (χ1v) is 8.32. The van der Waals surface area contributed by atoms with Gasteiger partial charge in [-0.3, -0.25) is 0 Å². The van der Waals surface area contributed by atoms with Gasteiger partial charge in [-0.25, -0.2) is 13.2 Å². The van der Waals surface area contributed by atoms with Crippen LogP contribution in [0.4, 0.5) is 0 Å². The monoisotopic (exact) mass is 300 g/mol.